The molecule has 8 heteroatoms. The maximum absolute atomic E-state index is 12.0. The summed E-state index contributed by atoms with van der Waals surface area (Å²) in [5.74, 6) is -0.966. The maximum Gasteiger partial charge on any atom is 0.335 e. The number of aromatic nitrogens is 2. The van der Waals surface area contributed by atoms with E-state index in [-0.39, 0.29) is 11.6 Å². The average molecular weight is 290 g/mol. The van der Waals surface area contributed by atoms with Crippen LogP contribution in [0.1, 0.15) is 21.5 Å². The van der Waals surface area contributed by atoms with Crippen molar-refractivity contribution in [1.29, 1.82) is 0 Å². The van der Waals surface area contributed by atoms with Crippen molar-refractivity contribution >= 4 is 28.5 Å². The number of benzene rings is 1. The summed E-state index contributed by atoms with van der Waals surface area (Å²) in [6, 6.07) is 4.67. The summed E-state index contributed by atoms with van der Waals surface area (Å²) in [5.41, 5.74) is 2.06. The van der Waals surface area contributed by atoms with Gasteiger partial charge < -0.3 is 10.0 Å². The lowest BCUT2D eigenvalue weighted by Gasteiger charge is -2.14. The van der Waals surface area contributed by atoms with Gasteiger partial charge in [0.25, 0.3) is 0 Å². The van der Waals surface area contributed by atoms with Gasteiger partial charge >= 0.3 is 12.0 Å². The zero-order chi connectivity index (χ0) is 14.1. The summed E-state index contributed by atoms with van der Waals surface area (Å²) in [6.07, 6.45) is 1.48. The monoisotopic (exact) mass is 290 g/mol. The number of nitrogens with one attached hydrogen (secondary N) is 1. The van der Waals surface area contributed by atoms with Crippen molar-refractivity contribution in [2.75, 3.05) is 5.32 Å². The predicted octanol–water partition coefficient (Wildman–Crippen LogP) is 1.78. The Hall–Kier alpha value is -2.48. The van der Waals surface area contributed by atoms with Crippen molar-refractivity contribution in [3.63, 3.8) is 0 Å². The Kier molecular flexibility index (Phi) is 3.07. The second-order valence-electron chi connectivity index (χ2n) is 4.36. The molecule has 1 aromatic heterocycles. The minimum Gasteiger partial charge on any atom is -0.478 e. The highest BCUT2D eigenvalue weighted by atomic mass is 32.1. The van der Waals surface area contributed by atoms with Gasteiger partial charge in [0, 0.05) is 24.6 Å². The van der Waals surface area contributed by atoms with E-state index in [1.807, 2.05) is 0 Å². The fraction of sp³-hybridized carbons (Fsp3) is 0.167. The number of carboxylic acid groups (broad SMARTS) is 1. The van der Waals surface area contributed by atoms with E-state index >= 15 is 0 Å². The van der Waals surface area contributed by atoms with Gasteiger partial charge in [-0.3, -0.25) is 5.32 Å². The minimum atomic E-state index is -0.966. The quantitative estimate of drug-likeness (QED) is 0.879. The number of amides is 2. The number of aromatic carboxylic acids is 1. The molecular weight excluding hydrogens is 280 g/mol. The molecule has 2 N–H and O–H groups in total. The molecule has 2 heterocycles. The lowest BCUT2D eigenvalue weighted by Crippen LogP contribution is -2.29. The molecule has 0 aliphatic carbocycles. The zero-order valence-electron chi connectivity index (χ0n) is 10.2. The first-order valence-corrected chi connectivity index (χ1v) is 6.59. The Morgan fingerprint density at radius 2 is 2.10 bits per heavy atom. The van der Waals surface area contributed by atoms with Gasteiger partial charge in [0.1, 0.15) is 5.00 Å². The van der Waals surface area contributed by atoms with Gasteiger partial charge in [0.05, 0.1) is 11.8 Å². The Balaban J connectivity index is 1.73. The van der Waals surface area contributed by atoms with Crippen LogP contribution in [0.25, 0.3) is 0 Å². The van der Waals surface area contributed by atoms with Gasteiger partial charge in [-0.2, -0.15) is 0 Å². The number of urea groups is 1. The molecule has 102 valence electrons. The molecule has 1 aliphatic heterocycles. The summed E-state index contributed by atoms with van der Waals surface area (Å²) in [4.78, 5) is 24.6. The summed E-state index contributed by atoms with van der Waals surface area (Å²) in [5, 5.41) is 15.9. The third-order valence-electron chi connectivity index (χ3n) is 3.05. The summed E-state index contributed by atoms with van der Waals surface area (Å²) >= 11 is 1.10. The molecule has 0 fully saturated rings. The lowest BCUT2D eigenvalue weighted by atomic mass is 10.1. The van der Waals surface area contributed by atoms with E-state index in [1.54, 1.807) is 23.1 Å². The van der Waals surface area contributed by atoms with Crippen LogP contribution >= 0.6 is 11.5 Å². The SMILES string of the molecule is O=C(O)c1ccc2c(c1)CN(C(=O)Nc1cnns1)C2. The van der Waals surface area contributed by atoms with Crippen LogP contribution in [0.4, 0.5) is 9.80 Å². The highest BCUT2D eigenvalue weighted by Crippen LogP contribution is 2.25. The van der Waals surface area contributed by atoms with Crippen molar-refractivity contribution in [1.82, 2.24) is 14.5 Å². The first-order chi connectivity index (χ1) is 9.63. The molecule has 0 saturated heterocycles. The van der Waals surface area contributed by atoms with Crippen LogP contribution < -0.4 is 5.32 Å². The zero-order valence-corrected chi connectivity index (χ0v) is 11.1. The molecule has 2 aromatic rings. The number of rotatable bonds is 2. The molecule has 1 aromatic carbocycles. The average Bonchev–Trinajstić information content (AvgIpc) is 3.05. The van der Waals surface area contributed by atoms with Crippen LogP contribution in [0.5, 0.6) is 0 Å². The van der Waals surface area contributed by atoms with E-state index in [9.17, 15) is 9.59 Å². The number of hydrogen-bond acceptors (Lipinski definition) is 5. The summed E-state index contributed by atoms with van der Waals surface area (Å²) in [7, 11) is 0. The van der Waals surface area contributed by atoms with Crippen molar-refractivity contribution in [3.05, 3.63) is 41.1 Å². The van der Waals surface area contributed by atoms with Crippen LogP contribution in [-0.2, 0) is 13.1 Å². The van der Waals surface area contributed by atoms with Gasteiger partial charge in [-0.15, -0.1) is 5.10 Å². The maximum atomic E-state index is 12.0. The standard InChI is InChI=1S/C12H10N4O3S/c17-11(18)7-1-2-8-5-16(6-9(8)3-7)12(19)14-10-4-13-15-20-10/h1-4H,5-6H2,(H,14,19)(H,17,18). The van der Waals surface area contributed by atoms with Crippen molar-refractivity contribution < 1.29 is 14.7 Å². The topological polar surface area (TPSA) is 95.4 Å². The minimum absolute atomic E-state index is 0.234. The van der Waals surface area contributed by atoms with E-state index in [0.717, 1.165) is 22.7 Å². The van der Waals surface area contributed by atoms with Crippen LogP contribution in [0.3, 0.4) is 0 Å². The van der Waals surface area contributed by atoms with Crippen LogP contribution in [0, 0.1) is 0 Å². The van der Waals surface area contributed by atoms with Gasteiger partial charge in [0.15, 0.2) is 0 Å². The van der Waals surface area contributed by atoms with Crippen LogP contribution in [0.2, 0.25) is 0 Å². The number of nitrogens with zero attached hydrogens (tertiary/aromatic N) is 3. The molecule has 1 aliphatic rings. The van der Waals surface area contributed by atoms with Crippen LogP contribution in [-0.4, -0.2) is 31.6 Å². The molecule has 3 rings (SSSR count). The number of hydrogen-bond donors (Lipinski definition) is 2. The second kappa shape index (κ2) is 4.89. The Morgan fingerprint density at radius 3 is 2.80 bits per heavy atom. The molecule has 0 unspecified atom stereocenters. The summed E-state index contributed by atoms with van der Waals surface area (Å²) < 4.78 is 3.67. The fourth-order valence-electron chi connectivity index (χ4n) is 2.08. The normalized spacial score (nSPS) is 13.1. The summed E-state index contributed by atoms with van der Waals surface area (Å²) in [6.45, 7) is 0.863. The molecule has 0 radical (unpaired) electrons. The van der Waals surface area contributed by atoms with Crippen LogP contribution in [0.15, 0.2) is 24.4 Å². The van der Waals surface area contributed by atoms with Gasteiger partial charge in [-0.05, 0) is 23.3 Å². The fourth-order valence-corrected chi connectivity index (χ4v) is 2.49. The van der Waals surface area contributed by atoms with E-state index in [2.05, 4.69) is 14.9 Å². The smallest absolute Gasteiger partial charge is 0.335 e. The Bertz CT molecular complexity index is 671. The molecule has 7 nitrogen and oxygen atoms in total. The first-order valence-electron chi connectivity index (χ1n) is 5.82. The first kappa shape index (κ1) is 12.5. The molecule has 0 atom stereocenters. The third-order valence-corrected chi connectivity index (χ3v) is 3.63. The van der Waals surface area contributed by atoms with E-state index in [4.69, 9.17) is 5.11 Å². The molecule has 0 bridgehead atoms. The number of anilines is 1. The van der Waals surface area contributed by atoms with E-state index < -0.39 is 5.97 Å². The van der Waals surface area contributed by atoms with Crippen molar-refractivity contribution in [3.8, 4) is 0 Å². The third kappa shape index (κ3) is 2.32. The van der Waals surface area contributed by atoms with Crippen molar-refractivity contribution in [2.45, 2.75) is 13.1 Å². The van der Waals surface area contributed by atoms with Gasteiger partial charge in [-0.1, -0.05) is 10.6 Å². The Labute approximate surface area is 118 Å². The molecular formula is C12H10N4O3S. The number of carbonyl (C=O) groups excluding carboxylic acids is 1. The molecule has 0 spiro atoms. The number of carboxylic acids is 1. The molecule has 0 saturated carbocycles. The lowest BCUT2D eigenvalue weighted by molar-refractivity contribution is 0.0696. The van der Waals surface area contributed by atoms with Gasteiger partial charge in [0.2, 0.25) is 0 Å². The number of fused-ring (bicyclic) bond motifs is 1. The highest BCUT2D eigenvalue weighted by molar-refractivity contribution is 7.10. The highest BCUT2D eigenvalue weighted by Gasteiger charge is 2.24. The Morgan fingerprint density at radius 1 is 1.30 bits per heavy atom. The van der Waals surface area contributed by atoms with E-state index in [1.165, 1.54) is 6.20 Å². The largest absolute Gasteiger partial charge is 0.478 e. The van der Waals surface area contributed by atoms with E-state index in [0.29, 0.717) is 18.1 Å². The second-order valence-corrected chi connectivity index (χ2v) is 5.14. The predicted molar refractivity (Wildman–Crippen MR) is 71.6 cm³/mol. The van der Waals surface area contributed by atoms with Gasteiger partial charge in [-0.25, -0.2) is 9.59 Å². The number of carbonyl (C=O) groups is 2. The molecule has 2 amide bonds. The van der Waals surface area contributed by atoms with Crippen molar-refractivity contribution in [2.24, 2.45) is 0 Å². The molecule has 20 heavy (non-hydrogen) atoms.